The summed E-state index contributed by atoms with van der Waals surface area (Å²) < 4.78 is 43.8. The number of benzene rings is 1. The fourth-order valence-electron chi connectivity index (χ4n) is 2.88. The Morgan fingerprint density at radius 1 is 1.39 bits per heavy atom. The first-order chi connectivity index (χ1) is 10.9. The highest BCUT2D eigenvalue weighted by Crippen LogP contribution is 2.24. The van der Waals surface area contributed by atoms with Crippen LogP contribution >= 0.6 is 0 Å². The smallest absolute Gasteiger partial charge is 0.213 e. The number of nitrogens with one attached hydrogen (secondary N) is 1. The molecular formula is C16H25FN2O3S. The van der Waals surface area contributed by atoms with Crippen molar-refractivity contribution < 1.29 is 17.5 Å². The van der Waals surface area contributed by atoms with E-state index in [-0.39, 0.29) is 29.4 Å². The Morgan fingerprint density at radius 2 is 2.04 bits per heavy atom. The average Bonchev–Trinajstić information content (AvgIpc) is 2.55. The third kappa shape index (κ3) is 4.43. The maximum Gasteiger partial charge on any atom is 0.213 e. The van der Waals surface area contributed by atoms with Gasteiger partial charge >= 0.3 is 0 Å². The molecule has 23 heavy (non-hydrogen) atoms. The molecule has 0 bridgehead atoms. The molecule has 1 atom stereocenters. The van der Waals surface area contributed by atoms with E-state index in [2.05, 4.69) is 5.32 Å². The topological polar surface area (TPSA) is 58.6 Å². The van der Waals surface area contributed by atoms with Gasteiger partial charge in [-0.15, -0.1) is 0 Å². The molecule has 0 radical (unpaired) electrons. The molecule has 0 aliphatic carbocycles. The zero-order chi connectivity index (χ0) is 17.0. The van der Waals surface area contributed by atoms with Crippen molar-refractivity contribution in [3.05, 3.63) is 29.6 Å². The number of hydrogen-bond acceptors (Lipinski definition) is 4. The van der Waals surface area contributed by atoms with E-state index in [1.807, 2.05) is 6.92 Å². The van der Waals surface area contributed by atoms with E-state index in [1.54, 1.807) is 23.4 Å². The van der Waals surface area contributed by atoms with E-state index in [9.17, 15) is 12.8 Å². The number of nitrogens with zero attached hydrogens (tertiary/aromatic N) is 1. The standard InChI is InChI=1S/C16H25FN2O3S/c1-4-23(20,21)19-9-7-14(8-10-19)18-12(2)13-5-6-15(17)16(11-13)22-3/h5-6,11-12,14,18H,4,7-10H2,1-3H3/t12-/m1/s1. The van der Waals surface area contributed by atoms with E-state index in [1.165, 1.54) is 13.2 Å². The molecule has 1 fully saturated rings. The van der Waals surface area contributed by atoms with Gasteiger partial charge in [-0.1, -0.05) is 6.07 Å². The molecule has 2 rings (SSSR count). The third-order valence-electron chi connectivity index (χ3n) is 4.37. The molecule has 130 valence electrons. The minimum Gasteiger partial charge on any atom is -0.494 e. The van der Waals surface area contributed by atoms with Crippen molar-refractivity contribution in [2.24, 2.45) is 0 Å². The summed E-state index contributed by atoms with van der Waals surface area (Å²) in [5.41, 5.74) is 0.951. The second kappa shape index (κ2) is 7.59. The lowest BCUT2D eigenvalue weighted by Gasteiger charge is -2.33. The number of piperidine rings is 1. The maximum absolute atomic E-state index is 13.5. The van der Waals surface area contributed by atoms with Crippen LogP contribution in [0.3, 0.4) is 0 Å². The van der Waals surface area contributed by atoms with Gasteiger partial charge in [0.25, 0.3) is 0 Å². The zero-order valence-corrected chi connectivity index (χ0v) is 14.7. The number of sulfonamides is 1. The summed E-state index contributed by atoms with van der Waals surface area (Å²) in [6.45, 7) is 4.78. The summed E-state index contributed by atoms with van der Waals surface area (Å²) >= 11 is 0. The molecule has 1 N–H and O–H groups in total. The second-order valence-electron chi connectivity index (χ2n) is 5.86. The summed E-state index contributed by atoms with van der Waals surface area (Å²) in [7, 11) is -1.64. The molecule has 0 unspecified atom stereocenters. The van der Waals surface area contributed by atoms with Gasteiger partial charge in [0.05, 0.1) is 12.9 Å². The van der Waals surface area contributed by atoms with Crippen LogP contribution in [-0.2, 0) is 10.0 Å². The monoisotopic (exact) mass is 344 g/mol. The fourth-order valence-corrected chi connectivity index (χ4v) is 4.01. The molecule has 0 spiro atoms. The highest BCUT2D eigenvalue weighted by Gasteiger charge is 2.27. The quantitative estimate of drug-likeness (QED) is 0.860. The van der Waals surface area contributed by atoms with Crippen LogP contribution in [0.4, 0.5) is 4.39 Å². The summed E-state index contributed by atoms with van der Waals surface area (Å²) in [4.78, 5) is 0. The number of ether oxygens (including phenoxy) is 1. The fraction of sp³-hybridized carbons (Fsp3) is 0.625. The van der Waals surface area contributed by atoms with Crippen molar-refractivity contribution in [1.82, 2.24) is 9.62 Å². The first-order valence-corrected chi connectivity index (χ1v) is 9.55. The van der Waals surface area contributed by atoms with Crippen LogP contribution in [0.15, 0.2) is 18.2 Å². The molecule has 1 heterocycles. The minimum absolute atomic E-state index is 0.0452. The molecule has 5 nitrogen and oxygen atoms in total. The second-order valence-corrected chi connectivity index (χ2v) is 8.11. The number of hydrogen-bond donors (Lipinski definition) is 1. The highest BCUT2D eigenvalue weighted by atomic mass is 32.2. The van der Waals surface area contributed by atoms with Gasteiger partial charge in [-0.25, -0.2) is 17.1 Å². The predicted octanol–water partition coefficient (Wildman–Crippen LogP) is 2.30. The van der Waals surface area contributed by atoms with Gasteiger partial charge in [0.15, 0.2) is 11.6 Å². The first-order valence-electron chi connectivity index (χ1n) is 7.94. The van der Waals surface area contributed by atoms with Crippen LogP contribution in [0.2, 0.25) is 0 Å². The Kier molecular flexibility index (Phi) is 6.00. The van der Waals surface area contributed by atoms with Crippen molar-refractivity contribution in [2.75, 3.05) is 26.0 Å². The van der Waals surface area contributed by atoms with E-state index in [4.69, 9.17) is 4.74 Å². The molecule has 0 aromatic heterocycles. The van der Waals surface area contributed by atoms with Gasteiger partial charge in [-0.05, 0) is 44.4 Å². The van der Waals surface area contributed by atoms with E-state index < -0.39 is 10.0 Å². The predicted molar refractivity (Wildman–Crippen MR) is 88.6 cm³/mol. The molecular weight excluding hydrogens is 319 g/mol. The third-order valence-corrected chi connectivity index (χ3v) is 6.25. The van der Waals surface area contributed by atoms with Gasteiger partial charge in [0, 0.05) is 25.2 Å². The summed E-state index contributed by atoms with van der Waals surface area (Å²) in [6.07, 6.45) is 1.56. The van der Waals surface area contributed by atoms with E-state index in [0.717, 1.165) is 18.4 Å². The normalized spacial score (nSPS) is 18.8. The Labute approximate surface area is 137 Å². The zero-order valence-electron chi connectivity index (χ0n) is 13.9. The molecule has 0 saturated carbocycles. The van der Waals surface area contributed by atoms with Gasteiger partial charge in [-0.3, -0.25) is 0 Å². The van der Waals surface area contributed by atoms with Crippen molar-refractivity contribution in [2.45, 2.75) is 38.8 Å². The van der Waals surface area contributed by atoms with Crippen LogP contribution in [0, 0.1) is 5.82 Å². The molecule has 1 aromatic rings. The molecule has 1 aromatic carbocycles. The average molecular weight is 344 g/mol. The lowest BCUT2D eigenvalue weighted by molar-refractivity contribution is 0.277. The van der Waals surface area contributed by atoms with Crippen molar-refractivity contribution in [1.29, 1.82) is 0 Å². The minimum atomic E-state index is -3.09. The lowest BCUT2D eigenvalue weighted by atomic mass is 10.0. The van der Waals surface area contributed by atoms with Gasteiger partial charge in [0.2, 0.25) is 10.0 Å². The maximum atomic E-state index is 13.5. The largest absolute Gasteiger partial charge is 0.494 e. The number of halogens is 1. The van der Waals surface area contributed by atoms with Crippen LogP contribution < -0.4 is 10.1 Å². The van der Waals surface area contributed by atoms with Gasteiger partial charge in [-0.2, -0.15) is 0 Å². The van der Waals surface area contributed by atoms with Crippen molar-refractivity contribution >= 4 is 10.0 Å². The number of rotatable bonds is 6. The Bertz CT molecular complexity index is 628. The Balaban J connectivity index is 1.93. The van der Waals surface area contributed by atoms with Crippen molar-refractivity contribution in [3.8, 4) is 5.75 Å². The SMILES string of the molecule is CCS(=O)(=O)N1CCC(N[C@H](C)c2ccc(F)c(OC)c2)CC1. The summed E-state index contributed by atoms with van der Waals surface area (Å²) in [5, 5.41) is 3.50. The molecule has 0 amide bonds. The number of methoxy groups -OCH3 is 1. The van der Waals surface area contributed by atoms with Crippen LogP contribution in [0.5, 0.6) is 5.75 Å². The Hall–Kier alpha value is -1.18. The van der Waals surface area contributed by atoms with Crippen LogP contribution in [0.1, 0.15) is 38.3 Å². The van der Waals surface area contributed by atoms with Crippen LogP contribution in [0.25, 0.3) is 0 Å². The molecule has 1 saturated heterocycles. The van der Waals surface area contributed by atoms with Crippen molar-refractivity contribution in [3.63, 3.8) is 0 Å². The molecule has 7 heteroatoms. The summed E-state index contributed by atoms with van der Waals surface area (Å²) in [5.74, 6) is 0.0122. The lowest BCUT2D eigenvalue weighted by Crippen LogP contribution is -2.45. The molecule has 1 aliphatic heterocycles. The highest BCUT2D eigenvalue weighted by molar-refractivity contribution is 7.89. The van der Waals surface area contributed by atoms with Gasteiger partial charge in [0.1, 0.15) is 0 Å². The Morgan fingerprint density at radius 3 is 2.61 bits per heavy atom. The summed E-state index contributed by atoms with van der Waals surface area (Å²) in [6, 6.07) is 5.15. The molecule has 1 aliphatic rings. The van der Waals surface area contributed by atoms with E-state index in [0.29, 0.717) is 13.1 Å². The first kappa shape index (κ1) is 18.2. The van der Waals surface area contributed by atoms with Gasteiger partial charge < -0.3 is 10.1 Å². The van der Waals surface area contributed by atoms with Crippen LogP contribution in [-0.4, -0.2) is 44.7 Å². The van der Waals surface area contributed by atoms with E-state index >= 15 is 0 Å².